The number of hydrogen-bond acceptors (Lipinski definition) is 3. The molecular weight excluding hydrogens is 452 g/mol. The highest BCUT2D eigenvalue weighted by molar-refractivity contribution is 5.69. The van der Waals surface area contributed by atoms with Crippen LogP contribution in [0.1, 0.15) is 63.5 Å². The first-order chi connectivity index (χ1) is 18.1. The topological polar surface area (TPSA) is 43.6 Å². The lowest BCUT2D eigenvalue weighted by Crippen LogP contribution is -2.01. The van der Waals surface area contributed by atoms with Gasteiger partial charge in [-0.3, -0.25) is 9.55 Å². The standard InChI is InChI=1S/C33H34N4/c1-5-23(3)25-9-13-28(14-10-25)32-35-36-33(29-15-11-26(12-16-29)24(4)6-2)37(32)31-19-17-27(18-20-31)30-8-7-21-34-22-30/h7-24H,5-6H2,1-4H3. The first-order valence-electron chi connectivity index (χ1n) is 13.3. The van der Waals surface area contributed by atoms with E-state index in [1.165, 1.54) is 11.1 Å². The van der Waals surface area contributed by atoms with Gasteiger partial charge in [-0.15, -0.1) is 10.2 Å². The number of nitrogens with zero attached hydrogens (tertiary/aromatic N) is 4. The molecule has 0 aliphatic rings. The van der Waals surface area contributed by atoms with Crippen LogP contribution in [0, 0.1) is 0 Å². The molecular formula is C33H34N4. The van der Waals surface area contributed by atoms with E-state index >= 15 is 0 Å². The van der Waals surface area contributed by atoms with Gasteiger partial charge in [0.1, 0.15) is 0 Å². The molecule has 0 radical (unpaired) electrons. The fourth-order valence-corrected chi connectivity index (χ4v) is 4.63. The number of rotatable bonds is 8. The lowest BCUT2D eigenvalue weighted by Gasteiger charge is -2.14. The minimum absolute atomic E-state index is 0.534. The summed E-state index contributed by atoms with van der Waals surface area (Å²) in [6.45, 7) is 8.98. The van der Waals surface area contributed by atoms with Crippen molar-refractivity contribution in [3.05, 3.63) is 108 Å². The molecule has 2 aromatic heterocycles. The lowest BCUT2D eigenvalue weighted by molar-refractivity contribution is 0.733. The van der Waals surface area contributed by atoms with Crippen molar-refractivity contribution in [3.8, 4) is 39.6 Å². The highest BCUT2D eigenvalue weighted by Crippen LogP contribution is 2.32. The van der Waals surface area contributed by atoms with Gasteiger partial charge in [0.2, 0.25) is 0 Å². The van der Waals surface area contributed by atoms with Gasteiger partial charge in [-0.2, -0.15) is 0 Å². The highest BCUT2D eigenvalue weighted by Gasteiger charge is 2.18. The Labute approximate surface area is 220 Å². The van der Waals surface area contributed by atoms with Gasteiger partial charge >= 0.3 is 0 Å². The van der Waals surface area contributed by atoms with Crippen molar-refractivity contribution in [2.45, 2.75) is 52.4 Å². The van der Waals surface area contributed by atoms with Gasteiger partial charge in [-0.25, -0.2) is 0 Å². The molecule has 5 aromatic rings. The monoisotopic (exact) mass is 486 g/mol. The second-order valence-corrected chi connectivity index (χ2v) is 9.83. The molecule has 0 bridgehead atoms. The molecule has 2 unspecified atom stereocenters. The van der Waals surface area contributed by atoms with Gasteiger partial charge in [0, 0.05) is 29.2 Å². The molecule has 4 nitrogen and oxygen atoms in total. The number of hydrogen-bond donors (Lipinski definition) is 0. The Morgan fingerprint density at radius 3 is 1.51 bits per heavy atom. The molecule has 4 heteroatoms. The Balaban J connectivity index is 1.60. The molecule has 0 spiro atoms. The zero-order valence-electron chi connectivity index (χ0n) is 22.1. The van der Waals surface area contributed by atoms with E-state index in [0.29, 0.717) is 11.8 Å². The summed E-state index contributed by atoms with van der Waals surface area (Å²) in [5, 5.41) is 9.38. The molecule has 2 heterocycles. The van der Waals surface area contributed by atoms with E-state index in [9.17, 15) is 0 Å². The summed E-state index contributed by atoms with van der Waals surface area (Å²) >= 11 is 0. The summed E-state index contributed by atoms with van der Waals surface area (Å²) in [6, 6.07) is 30.1. The van der Waals surface area contributed by atoms with E-state index in [4.69, 9.17) is 10.2 Å². The van der Waals surface area contributed by atoms with Crippen LogP contribution in [0.5, 0.6) is 0 Å². The van der Waals surface area contributed by atoms with Crippen molar-refractivity contribution in [3.63, 3.8) is 0 Å². The first-order valence-corrected chi connectivity index (χ1v) is 13.3. The molecule has 0 N–H and O–H groups in total. The Morgan fingerprint density at radius 1 is 0.595 bits per heavy atom. The lowest BCUT2D eigenvalue weighted by atomic mass is 9.97. The quantitative estimate of drug-likeness (QED) is 0.220. The second-order valence-electron chi connectivity index (χ2n) is 9.83. The van der Waals surface area contributed by atoms with E-state index < -0.39 is 0 Å². The zero-order chi connectivity index (χ0) is 25.8. The Hall–Kier alpha value is -4.05. The molecule has 5 rings (SSSR count). The van der Waals surface area contributed by atoms with Gasteiger partial charge < -0.3 is 0 Å². The van der Waals surface area contributed by atoms with Crippen molar-refractivity contribution < 1.29 is 0 Å². The van der Waals surface area contributed by atoms with Crippen molar-refractivity contribution >= 4 is 0 Å². The normalized spacial score (nSPS) is 12.9. The van der Waals surface area contributed by atoms with Crippen LogP contribution >= 0.6 is 0 Å². The predicted molar refractivity (Wildman–Crippen MR) is 153 cm³/mol. The molecule has 186 valence electrons. The van der Waals surface area contributed by atoms with Crippen molar-refractivity contribution in [2.24, 2.45) is 0 Å². The van der Waals surface area contributed by atoms with E-state index in [2.05, 4.69) is 116 Å². The third-order valence-corrected chi connectivity index (χ3v) is 7.48. The zero-order valence-corrected chi connectivity index (χ0v) is 22.1. The van der Waals surface area contributed by atoms with Crippen LogP contribution in [0.3, 0.4) is 0 Å². The van der Waals surface area contributed by atoms with Gasteiger partial charge in [0.25, 0.3) is 0 Å². The summed E-state index contributed by atoms with van der Waals surface area (Å²) in [5.74, 6) is 2.75. The molecule has 0 amide bonds. The average molecular weight is 487 g/mol. The second kappa shape index (κ2) is 10.9. The van der Waals surface area contributed by atoms with Crippen molar-refractivity contribution in [2.75, 3.05) is 0 Å². The van der Waals surface area contributed by atoms with Gasteiger partial charge in [-0.1, -0.05) is 94.4 Å². The molecule has 3 aromatic carbocycles. The van der Waals surface area contributed by atoms with E-state index in [1.807, 2.05) is 12.3 Å². The molecule has 0 saturated carbocycles. The summed E-state index contributed by atoms with van der Waals surface area (Å²) in [7, 11) is 0. The van der Waals surface area contributed by atoms with Crippen LogP contribution in [0.4, 0.5) is 0 Å². The summed E-state index contributed by atoms with van der Waals surface area (Å²) in [6.07, 6.45) is 5.93. The van der Waals surface area contributed by atoms with Gasteiger partial charge in [-0.05, 0) is 65.1 Å². The van der Waals surface area contributed by atoms with E-state index in [-0.39, 0.29) is 0 Å². The fraction of sp³-hybridized carbons (Fsp3) is 0.242. The van der Waals surface area contributed by atoms with Crippen LogP contribution < -0.4 is 0 Å². The third-order valence-electron chi connectivity index (χ3n) is 7.48. The van der Waals surface area contributed by atoms with E-state index in [0.717, 1.165) is 52.4 Å². The summed E-state index contributed by atoms with van der Waals surface area (Å²) in [4.78, 5) is 4.27. The maximum atomic E-state index is 4.69. The fourth-order valence-electron chi connectivity index (χ4n) is 4.63. The van der Waals surface area contributed by atoms with Crippen molar-refractivity contribution in [1.82, 2.24) is 19.7 Å². The van der Waals surface area contributed by atoms with Crippen molar-refractivity contribution in [1.29, 1.82) is 0 Å². The minimum atomic E-state index is 0.534. The van der Waals surface area contributed by atoms with Crippen LogP contribution in [-0.2, 0) is 0 Å². The van der Waals surface area contributed by atoms with Gasteiger partial charge in [0.15, 0.2) is 11.6 Å². The average Bonchev–Trinajstić information content (AvgIpc) is 3.42. The predicted octanol–water partition coefficient (Wildman–Crippen LogP) is 8.69. The largest absolute Gasteiger partial charge is 0.275 e. The molecule has 2 atom stereocenters. The third kappa shape index (κ3) is 5.10. The summed E-state index contributed by atoms with van der Waals surface area (Å²) < 4.78 is 2.17. The number of benzene rings is 3. The minimum Gasteiger partial charge on any atom is -0.275 e. The SMILES string of the molecule is CCC(C)c1ccc(-c2nnc(-c3ccc(C(C)CC)cc3)n2-c2ccc(-c3cccnc3)cc2)cc1. The van der Waals surface area contributed by atoms with E-state index in [1.54, 1.807) is 6.20 Å². The molecule has 37 heavy (non-hydrogen) atoms. The van der Waals surface area contributed by atoms with Crippen LogP contribution in [-0.4, -0.2) is 19.7 Å². The molecule has 0 fully saturated rings. The Morgan fingerprint density at radius 2 is 1.08 bits per heavy atom. The maximum Gasteiger partial charge on any atom is 0.168 e. The highest BCUT2D eigenvalue weighted by atomic mass is 15.3. The summed E-state index contributed by atoms with van der Waals surface area (Å²) in [5.41, 5.74) is 8.05. The number of aromatic nitrogens is 4. The first kappa shape index (κ1) is 24.6. The molecule has 0 aliphatic carbocycles. The smallest absolute Gasteiger partial charge is 0.168 e. The molecule has 0 saturated heterocycles. The Kier molecular flexibility index (Phi) is 7.27. The van der Waals surface area contributed by atoms with Crippen LogP contribution in [0.2, 0.25) is 0 Å². The molecule has 0 aliphatic heterocycles. The Bertz CT molecular complexity index is 1360. The van der Waals surface area contributed by atoms with Crippen LogP contribution in [0.15, 0.2) is 97.3 Å². The maximum absolute atomic E-state index is 4.69. The number of pyridine rings is 1. The van der Waals surface area contributed by atoms with Crippen LogP contribution in [0.25, 0.3) is 39.6 Å². The van der Waals surface area contributed by atoms with Gasteiger partial charge in [0.05, 0.1) is 0 Å².